The smallest absolute Gasteiger partial charge is 0.235 e. The van der Waals surface area contributed by atoms with E-state index in [1.54, 1.807) is 11.8 Å². The normalized spacial score (nSPS) is 23.4. The molecule has 7 heteroatoms. The number of amides is 1. The number of rotatable bonds is 5. The zero-order chi connectivity index (χ0) is 21.3. The molecule has 0 saturated carbocycles. The van der Waals surface area contributed by atoms with Gasteiger partial charge in [0, 0.05) is 17.7 Å². The number of hydrogen-bond donors (Lipinski definition) is 1. The van der Waals surface area contributed by atoms with E-state index in [1.165, 1.54) is 0 Å². The van der Waals surface area contributed by atoms with E-state index < -0.39 is 0 Å². The van der Waals surface area contributed by atoms with Crippen LogP contribution in [0.5, 0.6) is 5.75 Å². The van der Waals surface area contributed by atoms with Gasteiger partial charge in [-0.25, -0.2) is 4.68 Å². The minimum atomic E-state index is -0.195. The molecule has 2 aliphatic rings. The molecule has 6 nitrogen and oxygen atoms in total. The quantitative estimate of drug-likeness (QED) is 0.733. The van der Waals surface area contributed by atoms with Crippen LogP contribution >= 0.6 is 11.8 Å². The monoisotopic (exact) mass is 429 g/mol. The molecule has 2 atom stereocenters. The molecule has 1 amide bonds. The van der Waals surface area contributed by atoms with Crippen LogP contribution in [0.4, 0.5) is 5.82 Å². The number of hydrogen-bond acceptors (Lipinski definition) is 5. The van der Waals surface area contributed by atoms with Crippen LogP contribution in [0.2, 0.25) is 0 Å². The van der Waals surface area contributed by atoms with Crippen LogP contribution < -0.4 is 10.1 Å². The van der Waals surface area contributed by atoms with Crippen LogP contribution in [-0.4, -0.2) is 40.3 Å². The number of aryl methyl sites for hydroxylation is 1. The van der Waals surface area contributed by atoms with Crippen molar-refractivity contribution in [2.75, 3.05) is 24.3 Å². The zero-order valence-corrected chi connectivity index (χ0v) is 19.1. The summed E-state index contributed by atoms with van der Waals surface area (Å²) in [6.45, 7) is 9.76. The van der Waals surface area contributed by atoms with Crippen LogP contribution in [0.1, 0.15) is 68.1 Å². The van der Waals surface area contributed by atoms with Crippen LogP contribution in [0.25, 0.3) is 0 Å². The Morgan fingerprint density at radius 2 is 2.17 bits per heavy atom. The Balaban J connectivity index is 1.78. The number of thioether (sulfide) groups is 1. The fourth-order valence-electron chi connectivity index (χ4n) is 4.37. The summed E-state index contributed by atoms with van der Waals surface area (Å²) in [6.07, 6.45) is 2.71. The Hall–Kier alpha value is -1.99. The second kappa shape index (κ2) is 8.63. The SMILES string of the molecule is CCCOc1ccccc1C1SCC(=O)Nc2c1c(C)nn2C1CCOC(C)(C)C1. The fraction of sp³-hybridized carbons (Fsp3) is 0.565. The number of nitrogens with zero attached hydrogens (tertiary/aromatic N) is 2. The Bertz CT molecular complexity index is 924. The lowest BCUT2D eigenvalue weighted by molar-refractivity contribution is -0.113. The summed E-state index contributed by atoms with van der Waals surface area (Å²) in [6, 6.07) is 8.37. The predicted molar refractivity (Wildman–Crippen MR) is 120 cm³/mol. The molecule has 0 radical (unpaired) electrons. The molecule has 1 fully saturated rings. The van der Waals surface area contributed by atoms with Crippen molar-refractivity contribution < 1.29 is 14.3 Å². The maximum atomic E-state index is 12.6. The summed E-state index contributed by atoms with van der Waals surface area (Å²) in [5.41, 5.74) is 2.95. The molecule has 0 aliphatic carbocycles. The number of ether oxygens (including phenoxy) is 2. The molecule has 162 valence electrons. The number of carbonyl (C=O) groups excluding carboxylic acids is 1. The van der Waals surface area contributed by atoms with Gasteiger partial charge in [-0.15, -0.1) is 11.8 Å². The van der Waals surface area contributed by atoms with Crippen molar-refractivity contribution in [1.29, 1.82) is 0 Å². The molecule has 2 aliphatic heterocycles. The van der Waals surface area contributed by atoms with Gasteiger partial charge in [-0.05, 0) is 46.1 Å². The highest BCUT2D eigenvalue weighted by molar-refractivity contribution is 8.00. The van der Waals surface area contributed by atoms with Crippen molar-refractivity contribution >= 4 is 23.5 Å². The molecule has 0 bridgehead atoms. The highest BCUT2D eigenvalue weighted by Crippen LogP contribution is 2.47. The van der Waals surface area contributed by atoms with Gasteiger partial charge in [0.1, 0.15) is 11.6 Å². The lowest BCUT2D eigenvalue weighted by atomic mass is 9.94. The topological polar surface area (TPSA) is 65.4 Å². The number of para-hydroxylation sites is 1. The summed E-state index contributed by atoms with van der Waals surface area (Å²) in [4.78, 5) is 12.6. The Kier molecular flexibility index (Phi) is 6.11. The standard InChI is InChI=1S/C23H31N3O3S/c1-5-11-28-18-9-7-6-8-17(18)21-20-15(2)25-26(22(20)24-19(27)14-30-21)16-10-12-29-23(3,4)13-16/h6-9,16,21H,5,10-14H2,1-4H3,(H,24,27). The number of carbonyl (C=O) groups is 1. The molecule has 1 aromatic heterocycles. The van der Waals surface area contributed by atoms with Crippen LogP contribution in [0.15, 0.2) is 24.3 Å². The van der Waals surface area contributed by atoms with E-state index in [0.29, 0.717) is 19.0 Å². The molecular formula is C23H31N3O3S. The first-order valence-corrected chi connectivity index (χ1v) is 11.8. The average Bonchev–Trinajstić information content (AvgIpc) is 2.91. The lowest BCUT2D eigenvalue weighted by Gasteiger charge is -2.36. The molecule has 2 unspecified atom stereocenters. The molecule has 1 aromatic carbocycles. The van der Waals surface area contributed by atoms with Gasteiger partial charge in [0.05, 0.1) is 34.9 Å². The van der Waals surface area contributed by atoms with Crippen molar-refractivity contribution in [3.63, 3.8) is 0 Å². The summed E-state index contributed by atoms with van der Waals surface area (Å²) >= 11 is 1.64. The first-order valence-electron chi connectivity index (χ1n) is 10.8. The summed E-state index contributed by atoms with van der Waals surface area (Å²) < 4.78 is 14.0. The summed E-state index contributed by atoms with van der Waals surface area (Å²) in [5.74, 6) is 2.14. The summed E-state index contributed by atoms with van der Waals surface area (Å²) in [7, 11) is 0. The molecule has 0 spiro atoms. The minimum absolute atomic E-state index is 0.00592. The largest absolute Gasteiger partial charge is 0.493 e. The average molecular weight is 430 g/mol. The van der Waals surface area contributed by atoms with E-state index in [-0.39, 0.29) is 22.8 Å². The molecule has 1 saturated heterocycles. The van der Waals surface area contributed by atoms with Gasteiger partial charge in [0.15, 0.2) is 0 Å². The van der Waals surface area contributed by atoms with Gasteiger partial charge in [0.2, 0.25) is 5.91 Å². The minimum Gasteiger partial charge on any atom is -0.493 e. The van der Waals surface area contributed by atoms with Gasteiger partial charge in [-0.2, -0.15) is 5.10 Å². The molecular weight excluding hydrogens is 398 g/mol. The molecule has 3 heterocycles. The second-order valence-electron chi connectivity index (χ2n) is 8.67. The first kappa shape index (κ1) is 21.2. The molecule has 1 N–H and O–H groups in total. The van der Waals surface area contributed by atoms with Gasteiger partial charge in [-0.1, -0.05) is 25.1 Å². The van der Waals surface area contributed by atoms with Crippen molar-refractivity contribution in [3.05, 3.63) is 41.1 Å². The highest BCUT2D eigenvalue weighted by Gasteiger charge is 2.36. The van der Waals surface area contributed by atoms with Gasteiger partial charge < -0.3 is 14.8 Å². The van der Waals surface area contributed by atoms with E-state index in [9.17, 15) is 4.79 Å². The number of fused-ring (bicyclic) bond motifs is 1. The number of anilines is 1. The summed E-state index contributed by atoms with van der Waals surface area (Å²) in [5, 5.41) is 8.07. The van der Waals surface area contributed by atoms with Gasteiger partial charge in [-0.3, -0.25) is 4.79 Å². The number of nitrogens with one attached hydrogen (secondary N) is 1. The number of aromatic nitrogens is 2. The maximum absolute atomic E-state index is 12.6. The first-order chi connectivity index (χ1) is 14.4. The third-order valence-electron chi connectivity index (χ3n) is 5.71. The van der Waals surface area contributed by atoms with Gasteiger partial charge >= 0.3 is 0 Å². The number of benzene rings is 1. The molecule has 4 rings (SSSR count). The van der Waals surface area contributed by atoms with E-state index in [0.717, 1.165) is 47.7 Å². The van der Waals surface area contributed by atoms with E-state index in [4.69, 9.17) is 14.6 Å². The van der Waals surface area contributed by atoms with E-state index in [1.807, 2.05) is 29.8 Å². The predicted octanol–water partition coefficient (Wildman–Crippen LogP) is 4.89. The maximum Gasteiger partial charge on any atom is 0.235 e. The van der Waals surface area contributed by atoms with Crippen molar-refractivity contribution in [1.82, 2.24) is 9.78 Å². The van der Waals surface area contributed by atoms with Gasteiger partial charge in [0.25, 0.3) is 0 Å². The van der Waals surface area contributed by atoms with Crippen molar-refractivity contribution in [2.24, 2.45) is 0 Å². The fourth-order valence-corrected chi connectivity index (χ4v) is 5.58. The zero-order valence-electron chi connectivity index (χ0n) is 18.2. The molecule has 2 aromatic rings. The van der Waals surface area contributed by atoms with Crippen LogP contribution in [0.3, 0.4) is 0 Å². The van der Waals surface area contributed by atoms with Crippen molar-refractivity contribution in [2.45, 2.75) is 63.9 Å². The van der Waals surface area contributed by atoms with Crippen LogP contribution in [-0.2, 0) is 9.53 Å². The lowest BCUT2D eigenvalue weighted by Crippen LogP contribution is -2.36. The Morgan fingerprint density at radius 1 is 1.37 bits per heavy atom. The van der Waals surface area contributed by atoms with E-state index >= 15 is 0 Å². The third kappa shape index (κ3) is 4.23. The second-order valence-corrected chi connectivity index (χ2v) is 9.77. The van der Waals surface area contributed by atoms with Crippen molar-refractivity contribution in [3.8, 4) is 5.75 Å². The van der Waals surface area contributed by atoms with E-state index in [2.05, 4.69) is 32.2 Å². The molecule has 30 heavy (non-hydrogen) atoms. The highest BCUT2D eigenvalue weighted by atomic mass is 32.2. The Labute approximate surface area is 182 Å². The Morgan fingerprint density at radius 3 is 2.93 bits per heavy atom. The van der Waals surface area contributed by atoms with Crippen LogP contribution in [0, 0.1) is 6.92 Å². The third-order valence-corrected chi connectivity index (χ3v) is 6.96.